The molecule has 0 amide bonds. The van der Waals surface area contributed by atoms with E-state index >= 15 is 0 Å². The second-order valence-electron chi connectivity index (χ2n) is 6.70. The topological polar surface area (TPSA) is 29.5 Å². The van der Waals surface area contributed by atoms with E-state index in [2.05, 4.69) is 20.8 Å². The third kappa shape index (κ3) is 3.05. The number of hydrogen-bond acceptors (Lipinski definition) is 2. The van der Waals surface area contributed by atoms with Crippen LogP contribution in [-0.4, -0.2) is 12.2 Å². The lowest BCUT2D eigenvalue weighted by Gasteiger charge is -2.28. The Hall–Kier alpha value is -1.18. The van der Waals surface area contributed by atoms with Crippen molar-refractivity contribution in [2.45, 2.75) is 64.2 Å². The first-order valence-electron chi connectivity index (χ1n) is 7.35. The van der Waals surface area contributed by atoms with Crippen molar-refractivity contribution in [2.24, 2.45) is 0 Å². The van der Waals surface area contributed by atoms with Crippen molar-refractivity contribution in [1.29, 1.82) is 0 Å². The van der Waals surface area contributed by atoms with E-state index in [1.165, 1.54) is 32.1 Å². The Morgan fingerprint density at radius 1 is 1.11 bits per heavy atom. The number of ether oxygens (including phenoxy) is 1. The Labute approximate surface area is 116 Å². The van der Waals surface area contributed by atoms with Crippen LogP contribution in [0.15, 0.2) is 12.1 Å². The third-order valence-electron chi connectivity index (χ3n) is 4.20. The second kappa shape index (κ2) is 5.44. The minimum atomic E-state index is -0.0674. The molecule has 0 spiro atoms. The summed E-state index contributed by atoms with van der Waals surface area (Å²) in [6.45, 7) is 6.39. The number of phenolic OH excluding ortho intramolecular Hbond substituents is 1. The summed E-state index contributed by atoms with van der Waals surface area (Å²) < 4.78 is 5.43. The maximum Gasteiger partial charge on any atom is 0.123 e. The van der Waals surface area contributed by atoms with Crippen LogP contribution in [0.3, 0.4) is 0 Å². The zero-order valence-corrected chi connectivity index (χ0v) is 12.6. The van der Waals surface area contributed by atoms with Gasteiger partial charge in [-0.3, -0.25) is 0 Å². The smallest absolute Gasteiger partial charge is 0.123 e. The first kappa shape index (κ1) is 14.2. The molecular weight excluding hydrogens is 236 g/mol. The van der Waals surface area contributed by atoms with Crippen LogP contribution in [0.2, 0.25) is 0 Å². The number of benzene rings is 1. The fourth-order valence-electron chi connectivity index (χ4n) is 3.04. The van der Waals surface area contributed by atoms with Gasteiger partial charge >= 0.3 is 0 Å². The summed E-state index contributed by atoms with van der Waals surface area (Å²) >= 11 is 0. The van der Waals surface area contributed by atoms with Gasteiger partial charge in [0.05, 0.1) is 7.11 Å². The summed E-state index contributed by atoms with van der Waals surface area (Å²) in [5, 5.41) is 10.6. The SMILES string of the molecule is COc1cc(C2CCCCC2)c(O)c(C(C)(C)C)c1. The maximum atomic E-state index is 10.6. The van der Waals surface area contributed by atoms with Gasteiger partial charge in [0.1, 0.15) is 11.5 Å². The molecule has 2 nitrogen and oxygen atoms in total. The standard InChI is InChI=1S/C17H26O2/c1-17(2,3)15-11-13(19-4)10-14(16(15)18)12-8-6-5-7-9-12/h10-12,18H,5-9H2,1-4H3. The zero-order chi connectivity index (χ0) is 14.0. The fourth-order valence-corrected chi connectivity index (χ4v) is 3.04. The molecule has 0 radical (unpaired) electrons. The fraction of sp³-hybridized carbons (Fsp3) is 0.647. The normalized spacial score (nSPS) is 17.5. The first-order chi connectivity index (χ1) is 8.93. The molecule has 1 aliphatic rings. The molecular formula is C17H26O2. The van der Waals surface area contributed by atoms with Crippen LogP contribution >= 0.6 is 0 Å². The van der Waals surface area contributed by atoms with E-state index in [0.29, 0.717) is 11.7 Å². The predicted octanol–water partition coefficient (Wildman–Crippen LogP) is 4.75. The molecule has 2 heteroatoms. The highest BCUT2D eigenvalue weighted by atomic mass is 16.5. The molecule has 1 saturated carbocycles. The van der Waals surface area contributed by atoms with E-state index in [0.717, 1.165) is 16.9 Å². The Kier molecular flexibility index (Phi) is 4.07. The van der Waals surface area contributed by atoms with E-state index in [4.69, 9.17) is 4.74 Å². The summed E-state index contributed by atoms with van der Waals surface area (Å²) in [5.74, 6) is 1.84. The molecule has 0 aliphatic heterocycles. The molecule has 0 heterocycles. The molecule has 1 aliphatic carbocycles. The van der Waals surface area contributed by atoms with Gasteiger partial charge in [0.25, 0.3) is 0 Å². The highest BCUT2D eigenvalue weighted by Gasteiger charge is 2.26. The number of phenols is 1. The van der Waals surface area contributed by atoms with Gasteiger partial charge in [-0.15, -0.1) is 0 Å². The minimum Gasteiger partial charge on any atom is -0.507 e. The van der Waals surface area contributed by atoms with Gasteiger partial charge in [-0.05, 0) is 36.3 Å². The van der Waals surface area contributed by atoms with Gasteiger partial charge in [0.15, 0.2) is 0 Å². The van der Waals surface area contributed by atoms with E-state index in [1.807, 2.05) is 12.1 Å². The van der Waals surface area contributed by atoms with Crippen LogP contribution in [-0.2, 0) is 5.41 Å². The molecule has 1 fully saturated rings. The summed E-state index contributed by atoms with van der Waals surface area (Å²) in [6.07, 6.45) is 6.24. The van der Waals surface area contributed by atoms with Crippen molar-refractivity contribution in [1.82, 2.24) is 0 Å². The Balaban J connectivity index is 2.47. The molecule has 1 aromatic rings. The lowest BCUT2D eigenvalue weighted by molar-refractivity contribution is 0.386. The van der Waals surface area contributed by atoms with E-state index < -0.39 is 0 Å². The molecule has 1 aromatic carbocycles. The molecule has 106 valence electrons. The monoisotopic (exact) mass is 262 g/mol. The average Bonchev–Trinajstić information content (AvgIpc) is 2.38. The van der Waals surface area contributed by atoms with Gasteiger partial charge < -0.3 is 9.84 Å². The summed E-state index contributed by atoms with van der Waals surface area (Å²) in [5.41, 5.74) is 2.01. The van der Waals surface area contributed by atoms with Gasteiger partial charge in [0.2, 0.25) is 0 Å². The van der Waals surface area contributed by atoms with Crippen molar-refractivity contribution in [2.75, 3.05) is 7.11 Å². The van der Waals surface area contributed by atoms with E-state index in [-0.39, 0.29) is 5.41 Å². The van der Waals surface area contributed by atoms with Crippen molar-refractivity contribution in [3.8, 4) is 11.5 Å². The van der Waals surface area contributed by atoms with E-state index in [1.54, 1.807) is 7.11 Å². The number of aromatic hydroxyl groups is 1. The lowest BCUT2D eigenvalue weighted by Crippen LogP contribution is -2.14. The van der Waals surface area contributed by atoms with Crippen LogP contribution in [0.1, 0.15) is 69.9 Å². The average molecular weight is 262 g/mol. The van der Waals surface area contributed by atoms with Gasteiger partial charge in [-0.1, -0.05) is 40.0 Å². The molecule has 19 heavy (non-hydrogen) atoms. The summed E-state index contributed by atoms with van der Waals surface area (Å²) in [6, 6.07) is 4.00. The first-order valence-corrected chi connectivity index (χ1v) is 7.35. The lowest BCUT2D eigenvalue weighted by atomic mass is 9.79. The maximum absolute atomic E-state index is 10.6. The highest BCUT2D eigenvalue weighted by Crippen LogP contribution is 2.43. The number of rotatable bonds is 2. The summed E-state index contributed by atoms with van der Waals surface area (Å²) in [4.78, 5) is 0. The van der Waals surface area contributed by atoms with Crippen molar-refractivity contribution >= 4 is 0 Å². The van der Waals surface area contributed by atoms with E-state index in [9.17, 15) is 5.11 Å². The number of methoxy groups -OCH3 is 1. The second-order valence-corrected chi connectivity index (χ2v) is 6.70. The quantitative estimate of drug-likeness (QED) is 0.833. The van der Waals surface area contributed by atoms with Crippen LogP contribution in [0.25, 0.3) is 0 Å². The molecule has 0 unspecified atom stereocenters. The third-order valence-corrected chi connectivity index (χ3v) is 4.20. The van der Waals surface area contributed by atoms with Gasteiger partial charge in [-0.25, -0.2) is 0 Å². The minimum absolute atomic E-state index is 0.0674. The van der Waals surface area contributed by atoms with Crippen LogP contribution in [0, 0.1) is 0 Å². The molecule has 0 atom stereocenters. The summed E-state index contributed by atoms with van der Waals surface area (Å²) in [7, 11) is 1.70. The molecule has 0 bridgehead atoms. The number of hydrogen-bond donors (Lipinski definition) is 1. The van der Waals surface area contributed by atoms with Crippen molar-refractivity contribution < 1.29 is 9.84 Å². The largest absolute Gasteiger partial charge is 0.507 e. The zero-order valence-electron chi connectivity index (χ0n) is 12.6. The predicted molar refractivity (Wildman–Crippen MR) is 79.2 cm³/mol. The van der Waals surface area contributed by atoms with Crippen LogP contribution in [0.4, 0.5) is 0 Å². The van der Waals surface area contributed by atoms with Crippen molar-refractivity contribution in [3.05, 3.63) is 23.3 Å². The molecule has 0 saturated heterocycles. The molecule has 0 aromatic heterocycles. The Bertz CT molecular complexity index is 437. The van der Waals surface area contributed by atoms with Crippen LogP contribution in [0.5, 0.6) is 11.5 Å². The molecule has 2 rings (SSSR count). The van der Waals surface area contributed by atoms with Gasteiger partial charge in [0, 0.05) is 11.1 Å². The Morgan fingerprint density at radius 2 is 1.74 bits per heavy atom. The Morgan fingerprint density at radius 3 is 2.26 bits per heavy atom. The molecule has 1 N–H and O–H groups in total. The van der Waals surface area contributed by atoms with Crippen LogP contribution < -0.4 is 4.74 Å². The van der Waals surface area contributed by atoms with Gasteiger partial charge in [-0.2, -0.15) is 0 Å². The highest BCUT2D eigenvalue weighted by molar-refractivity contribution is 5.51. The van der Waals surface area contributed by atoms with Crippen molar-refractivity contribution in [3.63, 3.8) is 0 Å².